The number of amides is 1. The van der Waals surface area contributed by atoms with E-state index in [2.05, 4.69) is 25.1 Å². The van der Waals surface area contributed by atoms with Gasteiger partial charge in [-0.1, -0.05) is 13.8 Å². The average molecular weight is 224 g/mol. The molecule has 3 heteroatoms. The standard InChI is InChI=1S/C13H24N2O/c1-5-6-11(4)15-13(16)8-12(9-14)7-10(2)3/h1,10-12H,6-9,14H2,2-4H3,(H,15,16). The first-order chi connectivity index (χ1) is 7.49. The second kappa shape index (κ2) is 8.18. The third-order valence-corrected chi connectivity index (χ3v) is 2.44. The maximum absolute atomic E-state index is 11.6. The van der Waals surface area contributed by atoms with Gasteiger partial charge in [0.05, 0.1) is 0 Å². The van der Waals surface area contributed by atoms with E-state index in [1.807, 2.05) is 6.92 Å². The van der Waals surface area contributed by atoms with E-state index in [9.17, 15) is 4.79 Å². The van der Waals surface area contributed by atoms with Crippen LogP contribution >= 0.6 is 0 Å². The smallest absolute Gasteiger partial charge is 0.220 e. The molecular formula is C13H24N2O. The van der Waals surface area contributed by atoms with Gasteiger partial charge in [0.1, 0.15) is 0 Å². The van der Waals surface area contributed by atoms with E-state index in [1.165, 1.54) is 0 Å². The summed E-state index contributed by atoms with van der Waals surface area (Å²) >= 11 is 0. The van der Waals surface area contributed by atoms with Crippen LogP contribution in [0.4, 0.5) is 0 Å². The van der Waals surface area contributed by atoms with Gasteiger partial charge in [-0.25, -0.2) is 0 Å². The Balaban J connectivity index is 3.96. The Labute approximate surface area is 99.2 Å². The summed E-state index contributed by atoms with van der Waals surface area (Å²) in [4.78, 5) is 11.6. The van der Waals surface area contributed by atoms with E-state index in [4.69, 9.17) is 12.2 Å². The minimum Gasteiger partial charge on any atom is -0.353 e. The molecule has 0 fully saturated rings. The van der Waals surface area contributed by atoms with Gasteiger partial charge in [0.2, 0.25) is 5.91 Å². The van der Waals surface area contributed by atoms with E-state index in [1.54, 1.807) is 0 Å². The normalized spacial score (nSPS) is 14.2. The molecule has 1 amide bonds. The molecule has 0 aromatic rings. The third kappa shape index (κ3) is 7.30. The van der Waals surface area contributed by atoms with Crippen molar-refractivity contribution < 1.29 is 4.79 Å². The first-order valence-electron chi connectivity index (χ1n) is 5.92. The van der Waals surface area contributed by atoms with E-state index in [0.717, 1.165) is 6.42 Å². The molecular weight excluding hydrogens is 200 g/mol. The molecule has 0 saturated carbocycles. The van der Waals surface area contributed by atoms with Crippen molar-refractivity contribution in [2.24, 2.45) is 17.6 Å². The zero-order valence-corrected chi connectivity index (χ0v) is 10.6. The predicted molar refractivity (Wildman–Crippen MR) is 67.7 cm³/mol. The summed E-state index contributed by atoms with van der Waals surface area (Å²) < 4.78 is 0. The van der Waals surface area contributed by atoms with Gasteiger partial charge in [-0.05, 0) is 31.7 Å². The lowest BCUT2D eigenvalue weighted by Crippen LogP contribution is -2.34. The highest BCUT2D eigenvalue weighted by Crippen LogP contribution is 2.14. The zero-order chi connectivity index (χ0) is 12.6. The molecule has 2 atom stereocenters. The summed E-state index contributed by atoms with van der Waals surface area (Å²) in [6.45, 7) is 6.76. The molecule has 0 aliphatic heterocycles. The van der Waals surface area contributed by atoms with Crippen molar-refractivity contribution >= 4 is 5.91 Å². The van der Waals surface area contributed by atoms with Crippen LogP contribution in [0, 0.1) is 24.2 Å². The van der Waals surface area contributed by atoms with E-state index in [-0.39, 0.29) is 17.9 Å². The highest BCUT2D eigenvalue weighted by Gasteiger charge is 2.15. The quantitative estimate of drug-likeness (QED) is 0.644. The Hall–Kier alpha value is -1.01. The van der Waals surface area contributed by atoms with Crippen LogP contribution in [0.2, 0.25) is 0 Å². The molecule has 0 rings (SSSR count). The average Bonchev–Trinajstić information content (AvgIpc) is 2.15. The fraction of sp³-hybridized carbons (Fsp3) is 0.769. The number of nitrogens with one attached hydrogen (secondary N) is 1. The highest BCUT2D eigenvalue weighted by molar-refractivity contribution is 5.76. The van der Waals surface area contributed by atoms with E-state index >= 15 is 0 Å². The molecule has 0 bridgehead atoms. The van der Waals surface area contributed by atoms with Crippen molar-refractivity contribution in [2.75, 3.05) is 6.54 Å². The Morgan fingerprint density at radius 2 is 2.06 bits per heavy atom. The van der Waals surface area contributed by atoms with Crippen molar-refractivity contribution in [1.29, 1.82) is 0 Å². The lowest BCUT2D eigenvalue weighted by molar-refractivity contribution is -0.122. The number of hydrogen-bond donors (Lipinski definition) is 2. The number of rotatable bonds is 7. The molecule has 0 heterocycles. The van der Waals surface area contributed by atoms with Crippen LogP contribution in [0.1, 0.15) is 40.0 Å². The van der Waals surface area contributed by atoms with Crippen LogP contribution in [-0.4, -0.2) is 18.5 Å². The summed E-state index contributed by atoms with van der Waals surface area (Å²) in [5, 5.41) is 2.88. The van der Waals surface area contributed by atoms with Gasteiger partial charge in [-0.2, -0.15) is 0 Å². The van der Waals surface area contributed by atoms with E-state index in [0.29, 0.717) is 25.3 Å². The monoisotopic (exact) mass is 224 g/mol. The first kappa shape index (κ1) is 15.0. The largest absolute Gasteiger partial charge is 0.353 e. The summed E-state index contributed by atoms with van der Waals surface area (Å²) in [6, 6.07) is 0.0509. The maximum Gasteiger partial charge on any atom is 0.220 e. The van der Waals surface area contributed by atoms with Gasteiger partial charge in [0, 0.05) is 18.9 Å². The van der Waals surface area contributed by atoms with Crippen molar-refractivity contribution in [3.63, 3.8) is 0 Å². The molecule has 0 spiro atoms. The van der Waals surface area contributed by atoms with Gasteiger partial charge in [0.15, 0.2) is 0 Å². The third-order valence-electron chi connectivity index (χ3n) is 2.44. The molecule has 0 aromatic heterocycles. The Bertz CT molecular complexity index is 243. The lowest BCUT2D eigenvalue weighted by atomic mass is 9.94. The van der Waals surface area contributed by atoms with Crippen LogP contribution < -0.4 is 11.1 Å². The number of carbonyl (C=O) groups excluding carboxylic acids is 1. The maximum atomic E-state index is 11.6. The summed E-state index contributed by atoms with van der Waals surface area (Å²) in [7, 11) is 0. The molecule has 16 heavy (non-hydrogen) atoms. The van der Waals surface area contributed by atoms with Gasteiger partial charge in [-0.15, -0.1) is 12.3 Å². The van der Waals surface area contributed by atoms with Gasteiger partial charge < -0.3 is 11.1 Å². The van der Waals surface area contributed by atoms with Crippen LogP contribution in [0.25, 0.3) is 0 Å². The van der Waals surface area contributed by atoms with Crippen molar-refractivity contribution in [2.45, 2.75) is 46.1 Å². The molecule has 3 N–H and O–H groups in total. The van der Waals surface area contributed by atoms with Gasteiger partial charge in [0.25, 0.3) is 0 Å². The second-order valence-electron chi connectivity index (χ2n) is 4.81. The SMILES string of the molecule is C#CCC(C)NC(=O)CC(CN)CC(C)C. The lowest BCUT2D eigenvalue weighted by Gasteiger charge is -2.18. The van der Waals surface area contributed by atoms with E-state index < -0.39 is 0 Å². The molecule has 0 aliphatic rings. The summed E-state index contributed by atoms with van der Waals surface area (Å²) in [6.07, 6.45) is 7.25. The topological polar surface area (TPSA) is 55.1 Å². The molecule has 0 saturated heterocycles. The van der Waals surface area contributed by atoms with Crippen LogP contribution in [-0.2, 0) is 4.79 Å². The minimum atomic E-state index is 0.0509. The predicted octanol–water partition coefficient (Wildman–Crippen LogP) is 1.53. The number of carbonyl (C=O) groups is 1. The fourth-order valence-corrected chi connectivity index (χ4v) is 1.75. The first-order valence-corrected chi connectivity index (χ1v) is 5.92. The molecule has 0 aromatic carbocycles. The molecule has 3 nitrogen and oxygen atoms in total. The van der Waals surface area contributed by atoms with Crippen molar-refractivity contribution in [3.05, 3.63) is 0 Å². The molecule has 2 unspecified atom stereocenters. The second-order valence-corrected chi connectivity index (χ2v) is 4.81. The number of nitrogens with two attached hydrogens (primary N) is 1. The van der Waals surface area contributed by atoms with Gasteiger partial charge >= 0.3 is 0 Å². The van der Waals surface area contributed by atoms with Gasteiger partial charge in [-0.3, -0.25) is 4.79 Å². The molecule has 0 aliphatic carbocycles. The summed E-state index contributed by atoms with van der Waals surface area (Å²) in [5.41, 5.74) is 5.65. The Morgan fingerprint density at radius 3 is 2.50 bits per heavy atom. The van der Waals surface area contributed by atoms with Crippen molar-refractivity contribution in [3.8, 4) is 12.3 Å². The van der Waals surface area contributed by atoms with Crippen molar-refractivity contribution in [1.82, 2.24) is 5.32 Å². The number of terminal acetylenes is 1. The molecule has 0 radical (unpaired) electrons. The Morgan fingerprint density at radius 1 is 1.44 bits per heavy atom. The Kier molecular flexibility index (Phi) is 7.66. The van der Waals surface area contributed by atoms with Crippen LogP contribution in [0.5, 0.6) is 0 Å². The number of hydrogen-bond acceptors (Lipinski definition) is 2. The van der Waals surface area contributed by atoms with Crippen LogP contribution in [0.3, 0.4) is 0 Å². The van der Waals surface area contributed by atoms with Crippen LogP contribution in [0.15, 0.2) is 0 Å². The minimum absolute atomic E-state index is 0.0509. The molecule has 92 valence electrons. The zero-order valence-electron chi connectivity index (χ0n) is 10.6. The fourth-order valence-electron chi connectivity index (χ4n) is 1.75. The summed E-state index contributed by atoms with van der Waals surface area (Å²) in [5.74, 6) is 3.44. The highest BCUT2D eigenvalue weighted by atomic mass is 16.1.